The minimum atomic E-state index is 0.615. The number of nitrogens with one attached hydrogen (secondary N) is 2. The number of hydrogen-bond donors (Lipinski definition) is 2. The number of aryl methyl sites for hydroxylation is 1. The van der Waals surface area contributed by atoms with Crippen LogP contribution in [0.2, 0.25) is 5.02 Å². The normalized spacial score (nSPS) is 10.2. The summed E-state index contributed by atoms with van der Waals surface area (Å²) >= 11 is 6.08. The van der Waals surface area contributed by atoms with Crippen LogP contribution in [0.25, 0.3) is 0 Å². The first-order valence-electron chi connectivity index (χ1n) is 6.57. The number of rotatable bonds is 6. The van der Waals surface area contributed by atoms with E-state index in [1.165, 1.54) is 5.56 Å². The molecule has 4 heteroatoms. The topological polar surface area (TPSA) is 33.3 Å². The third kappa shape index (κ3) is 4.07. The summed E-state index contributed by atoms with van der Waals surface area (Å²) in [5.41, 5.74) is 3.38. The van der Waals surface area contributed by atoms with Crippen molar-refractivity contribution in [1.82, 2.24) is 0 Å². The fourth-order valence-corrected chi connectivity index (χ4v) is 2.20. The predicted octanol–water partition coefficient (Wildman–Crippen LogP) is 4.18. The lowest BCUT2D eigenvalue weighted by molar-refractivity contribution is 0.415. The second kappa shape index (κ2) is 7.06. The van der Waals surface area contributed by atoms with E-state index in [4.69, 9.17) is 16.3 Å². The quantitative estimate of drug-likeness (QED) is 0.783. The molecule has 0 heterocycles. The second-order valence-corrected chi connectivity index (χ2v) is 4.98. The van der Waals surface area contributed by atoms with Gasteiger partial charge < -0.3 is 15.4 Å². The summed E-state index contributed by atoms with van der Waals surface area (Å²) in [6, 6.07) is 14.0. The average molecular weight is 291 g/mol. The van der Waals surface area contributed by atoms with Crippen molar-refractivity contribution in [2.75, 3.05) is 30.8 Å². The first kappa shape index (κ1) is 14.5. The Morgan fingerprint density at radius 3 is 2.30 bits per heavy atom. The smallest absolute Gasteiger partial charge is 0.137 e. The van der Waals surface area contributed by atoms with E-state index in [-0.39, 0.29) is 0 Å². The van der Waals surface area contributed by atoms with Gasteiger partial charge in [-0.05, 0) is 42.8 Å². The molecule has 0 saturated heterocycles. The molecule has 0 atom stereocenters. The van der Waals surface area contributed by atoms with E-state index in [0.29, 0.717) is 10.8 Å². The van der Waals surface area contributed by atoms with Gasteiger partial charge >= 0.3 is 0 Å². The summed E-state index contributed by atoms with van der Waals surface area (Å²) < 4.78 is 5.12. The van der Waals surface area contributed by atoms with Gasteiger partial charge in [-0.3, -0.25) is 0 Å². The van der Waals surface area contributed by atoms with Crippen molar-refractivity contribution in [1.29, 1.82) is 0 Å². The maximum atomic E-state index is 6.08. The number of hydrogen-bond acceptors (Lipinski definition) is 3. The number of anilines is 2. The Morgan fingerprint density at radius 1 is 1.00 bits per heavy atom. The van der Waals surface area contributed by atoms with Gasteiger partial charge in [0.1, 0.15) is 5.75 Å². The van der Waals surface area contributed by atoms with Crippen LogP contribution in [0.5, 0.6) is 5.75 Å². The van der Waals surface area contributed by atoms with Crippen LogP contribution in [-0.2, 0) is 0 Å². The highest BCUT2D eigenvalue weighted by atomic mass is 35.5. The van der Waals surface area contributed by atoms with Crippen molar-refractivity contribution in [2.45, 2.75) is 6.92 Å². The van der Waals surface area contributed by atoms with Crippen LogP contribution in [0.3, 0.4) is 0 Å². The highest BCUT2D eigenvalue weighted by Crippen LogP contribution is 2.26. The highest BCUT2D eigenvalue weighted by Gasteiger charge is 2.01. The van der Waals surface area contributed by atoms with Gasteiger partial charge in [-0.25, -0.2) is 0 Å². The lowest BCUT2D eigenvalue weighted by Crippen LogP contribution is -2.13. The molecule has 0 saturated carbocycles. The van der Waals surface area contributed by atoms with E-state index < -0.39 is 0 Å². The second-order valence-electron chi connectivity index (χ2n) is 4.57. The molecule has 0 bridgehead atoms. The molecule has 0 aliphatic rings. The third-order valence-corrected chi connectivity index (χ3v) is 3.25. The fraction of sp³-hybridized carbons (Fsp3) is 0.250. The molecular formula is C16H19ClN2O. The first-order chi connectivity index (χ1) is 9.69. The van der Waals surface area contributed by atoms with Crippen LogP contribution in [0.15, 0.2) is 42.5 Å². The van der Waals surface area contributed by atoms with E-state index in [1.807, 2.05) is 24.3 Å². The number of methoxy groups -OCH3 is 1. The summed E-state index contributed by atoms with van der Waals surface area (Å²) in [5.74, 6) is 0.690. The summed E-state index contributed by atoms with van der Waals surface area (Å²) in [5, 5.41) is 7.31. The summed E-state index contributed by atoms with van der Waals surface area (Å²) in [4.78, 5) is 0. The lowest BCUT2D eigenvalue weighted by atomic mass is 10.2. The zero-order chi connectivity index (χ0) is 14.4. The van der Waals surface area contributed by atoms with Gasteiger partial charge in [0.25, 0.3) is 0 Å². The predicted molar refractivity (Wildman–Crippen MR) is 86.2 cm³/mol. The zero-order valence-corrected chi connectivity index (χ0v) is 12.5. The SMILES string of the molecule is COc1ccc(NCCNc2cccc(C)c2)cc1Cl. The number of halogens is 1. The molecule has 0 unspecified atom stereocenters. The van der Waals surface area contributed by atoms with Crippen LogP contribution in [0.4, 0.5) is 11.4 Å². The maximum absolute atomic E-state index is 6.08. The van der Waals surface area contributed by atoms with Crippen LogP contribution in [0, 0.1) is 6.92 Å². The molecule has 0 amide bonds. The molecular weight excluding hydrogens is 272 g/mol. The van der Waals surface area contributed by atoms with Gasteiger partial charge in [0.2, 0.25) is 0 Å². The molecule has 0 aliphatic carbocycles. The Morgan fingerprint density at radius 2 is 1.70 bits per heavy atom. The van der Waals surface area contributed by atoms with Crippen molar-refractivity contribution in [3.63, 3.8) is 0 Å². The molecule has 2 aromatic carbocycles. The van der Waals surface area contributed by atoms with Crippen LogP contribution in [0.1, 0.15) is 5.56 Å². The van der Waals surface area contributed by atoms with E-state index in [0.717, 1.165) is 24.5 Å². The molecule has 2 N–H and O–H groups in total. The van der Waals surface area contributed by atoms with Gasteiger partial charge in [0, 0.05) is 24.5 Å². The van der Waals surface area contributed by atoms with Gasteiger partial charge in [0.05, 0.1) is 12.1 Å². The van der Waals surface area contributed by atoms with Crippen LogP contribution in [-0.4, -0.2) is 20.2 Å². The Kier molecular flexibility index (Phi) is 5.13. The molecule has 106 valence electrons. The third-order valence-electron chi connectivity index (χ3n) is 2.95. The number of ether oxygens (including phenoxy) is 1. The van der Waals surface area contributed by atoms with Crippen molar-refractivity contribution < 1.29 is 4.74 Å². The van der Waals surface area contributed by atoms with E-state index >= 15 is 0 Å². The van der Waals surface area contributed by atoms with E-state index in [2.05, 4.69) is 35.8 Å². The molecule has 2 aromatic rings. The monoisotopic (exact) mass is 290 g/mol. The molecule has 2 rings (SSSR count). The minimum absolute atomic E-state index is 0.615. The summed E-state index contributed by atoms with van der Waals surface area (Å²) in [6.07, 6.45) is 0. The Labute approximate surface area is 124 Å². The summed E-state index contributed by atoms with van der Waals surface area (Å²) in [7, 11) is 1.61. The van der Waals surface area contributed by atoms with Crippen molar-refractivity contribution in [3.8, 4) is 5.75 Å². The van der Waals surface area contributed by atoms with Gasteiger partial charge in [-0.2, -0.15) is 0 Å². The molecule has 0 aromatic heterocycles. The van der Waals surface area contributed by atoms with Crippen LogP contribution < -0.4 is 15.4 Å². The van der Waals surface area contributed by atoms with Gasteiger partial charge in [-0.1, -0.05) is 23.7 Å². The largest absolute Gasteiger partial charge is 0.495 e. The highest BCUT2D eigenvalue weighted by molar-refractivity contribution is 6.32. The van der Waals surface area contributed by atoms with Gasteiger partial charge in [0.15, 0.2) is 0 Å². The molecule has 3 nitrogen and oxygen atoms in total. The van der Waals surface area contributed by atoms with Crippen molar-refractivity contribution in [2.24, 2.45) is 0 Å². The minimum Gasteiger partial charge on any atom is -0.495 e. The Balaban J connectivity index is 1.80. The summed E-state index contributed by atoms with van der Waals surface area (Å²) in [6.45, 7) is 3.74. The molecule has 20 heavy (non-hydrogen) atoms. The number of benzene rings is 2. The molecule has 0 radical (unpaired) electrons. The van der Waals surface area contributed by atoms with Crippen molar-refractivity contribution >= 4 is 23.0 Å². The van der Waals surface area contributed by atoms with E-state index in [1.54, 1.807) is 7.11 Å². The van der Waals surface area contributed by atoms with Gasteiger partial charge in [-0.15, -0.1) is 0 Å². The molecule has 0 spiro atoms. The zero-order valence-electron chi connectivity index (χ0n) is 11.7. The van der Waals surface area contributed by atoms with Crippen molar-refractivity contribution in [3.05, 3.63) is 53.1 Å². The molecule has 0 aliphatic heterocycles. The fourth-order valence-electron chi connectivity index (χ4n) is 1.95. The lowest BCUT2D eigenvalue weighted by Gasteiger charge is -2.10. The Bertz CT molecular complexity index is 572. The Hall–Kier alpha value is -1.87. The molecule has 0 fully saturated rings. The standard InChI is InChI=1S/C16H19ClN2O/c1-12-4-3-5-13(10-12)18-8-9-19-14-6-7-16(20-2)15(17)11-14/h3-7,10-11,18-19H,8-9H2,1-2H3. The first-order valence-corrected chi connectivity index (χ1v) is 6.95. The van der Waals surface area contributed by atoms with E-state index in [9.17, 15) is 0 Å². The maximum Gasteiger partial charge on any atom is 0.137 e. The average Bonchev–Trinajstić information content (AvgIpc) is 2.44. The van der Waals surface area contributed by atoms with Crippen LogP contribution >= 0.6 is 11.6 Å².